The topological polar surface area (TPSA) is 71.4 Å². The van der Waals surface area contributed by atoms with E-state index >= 15 is 0 Å². The highest BCUT2D eigenvalue weighted by atomic mass is 16.8. The molecule has 1 atom stereocenters. The molecule has 1 heterocycles. The second-order valence-electron chi connectivity index (χ2n) is 9.70. The van der Waals surface area contributed by atoms with Crippen LogP contribution in [0, 0.1) is 5.92 Å². The van der Waals surface area contributed by atoms with E-state index in [2.05, 4.69) is 17.6 Å². The Morgan fingerprint density at radius 2 is 2.10 bits per heavy atom. The lowest BCUT2D eigenvalue weighted by Crippen LogP contribution is -2.61. The number of carbonyl (C=O) groups excluding carboxylic acids is 2. The highest BCUT2D eigenvalue weighted by molar-refractivity contribution is 5.97. The zero-order valence-corrected chi connectivity index (χ0v) is 19.9. The van der Waals surface area contributed by atoms with E-state index in [4.69, 9.17) is 9.57 Å². The number of rotatable bonds is 8. The number of guanidine groups is 1. The number of hydrogen-bond donors (Lipinski definition) is 0. The summed E-state index contributed by atoms with van der Waals surface area (Å²) in [6.45, 7) is 14.4. The molecule has 0 amide bonds. The molecular formula is C24H39N3O4. The number of Topliss-reactive ketones (excluding diaryl/α,β-unsaturated/α-hetero) is 1. The average Bonchev–Trinajstić information content (AvgIpc) is 2.67. The van der Waals surface area contributed by atoms with E-state index in [-0.39, 0.29) is 18.2 Å². The zero-order chi connectivity index (χ0) is 23.0. The van der Waals surface area contributed by atoms with Crippen molar-refractivity contribution in [3.05, 3.63) is 24.3 Å². The molecule has 1 fully saturated rings. The van der Waals surface area contributed by atoms with Crippen LogP contribution in [0.4, 0.5) is 4.79 Å². The second kappa shape index (κ2) is 11.3. The number of ether oxygens (including phenoxy) is 1. The predicted molar refractivity (Wildman–Crippen MR) is 123 cm³/mol. The number of hydrogen-bond acceptors (Lipinski definition) is 5. The maximum atomic E-state index is 13.1. The third kappa shape index (κ3) is 8.04. The van der Waals surface area contributed by atoms with E-state index in [9.17, 15) is 9.59 Å². The van der Waals surface area contributed by atoms with E-state index in [0.717, 1.165) is 19.3 Å². The van der Waals surface area contributed by atoms with Crippen LogP contribution in [0.15, 0.2) is 29.3 Å². The van der Waals surface area contributed by atoms with Crippen LogP contribution in [0.1, 0.15) is 73.1 Å². The van der Waals surface area contributed by atoms with Crippen molar-refractivity contribution in [1.29, 1.82) is 0 Å². The number of aliphatic imine (C=N–C) groups is 1. The fourth-order valence-corrected chi connectivity index (χ4v) is 3.81. The van der Waals surface area contributed by atoms with Gasteiger partial charge in [0.1, 0.15) is 11.6 Å². The first-order valence-corrected chi connectivity index (χ1v) is 11.4. The monoisotopic (exact) mass is 433 g/mol. The van der Waals surface area contributed by atoms with Crippen LogP contribution in [-0.2, 0) is 14.4 Å². The summed E-state index contributed by atoms with van der Waals surface area (Å²) in [4.78, 5) is 37.7. The molecule has 0 spiro atoms. The first kappa shape index (κ1) is 25.0. The Hall–Kier alpha value is -2.31. The van der Waals surface area contributed by atoms with Gasteiger partial charge < -0.3 is 14.5 Å². The van der Waals surface area contributed by atoms with E-state index < -0.39 is 17.8 Å². The molecule has 2 rings (SSSR count). The minimum atomic E-state index is -0.836. The minimum absolute atomic E-state index is 0.0208. The third-order valence-corrected chi connectivity index (χ3v) is 5.19. The summed E-state index contributed by atoms with van der Waals surface area (Å²) in [5.74, 6) is 0.762. The van der Waals surface area contributed by atoms with Crippen LogP contribution >= 0.6 is 0 Å². The largest absolute Gasteiger partial charge is 0.534 e. The van der Waals surface area contributed by atoms with Crippen molar-refractivity contribution in [3.63, 3.8) is 0 Å². The fourth-order valence-electron chi connectivity index (χ4n) is 3.81. The van der Waals surface area contributed by atoms with E-state index in [0.29, 0.717) is 25.5 Å². The number of nitrogens with zero attached hydrogens (tertiary/aromatic N) is 3. The Kier molecular flexibility index (Phi) is 9.14. The SMILES string of the molecule is C=CCN=C1N(CCC2=CCCCC2)CC(=O)[C@H](CC(C)C)N1OC(=O)OC(C)(C)C. The molecule has 174 valence electrons. The summed E-state index contributed by atoms with van der Waals surface area (Å²) >= 11 is 0. The summed E-state index contributed by atoms with van der Waals surface area (Å²) in [5, 5.41) is 1.37. The molecule has 0 radical (unpaired) electrons. The third-order valence-electron chi connectivity index (χ3n) is 5.19. The van der Waals surface area contributed by atoms with Gasteiger partial charge in [-0.05, 0) is 65.2 Å². The molecule has 7 heteroatoms. The molecule has 0 unspecified atom stereocenters. The predicted octanol–water partition coefficient (Wildman–Crippen LogP) is 4.89. The van der Waals surface area contributed by atoms with Crippen LogP contribution in [0.2, 0.25) is 0 Å². The number of ketones is 1. The minimum Gasteiger partial charge on any atom is -0.427 e. The Morgan fingerprint density at radius 3 is 2.68 bits per heavy atom. The first-order chi connectivity index (χ1) is 14.6. The molecule has 0 bridgehead atoms. The average molecular weight is 434 g/mol. The van der Waals surface area contributed by atoms with Crippen molar-refractivity contribution in [2.75, 3.05) is 19.6 Å². The molecule has 0 aromatic rings. The number of hydroxylamine groups is 2. The molecule has 7 nitrogen and oxygen atoms in total. The van der Waals surface area contributed by atoms with Crippen molar-refractivity contribution < 1.29 is 19.2 Å². The lowest BCUT2D eigenvalue weighted by molar-refractivity contribution is -0.156. The summed E-state index contributed by atoms with van der Waals surface area (Å²) in [7, 11) is 0. The van der Waals surface area contributed by atoms with Gasteiger partial charge in [-0.2, -0.15) is 5.06 Å². The van der Waals surface area contributed by atoms with Crippen LogP contribution < -0.4 is 0 Å². The van der Waals surface area contributed by atoms with Gasteiger partial charge in [0, 0.05) is 6.54 Å². The quantitative estimate of drug-likeness (QED) is 0.401. The standard InChI is InChI=1S/C24H39N3O4/c1-7-14-25-22-26(15-13-19-11-9-8-10-12-19)17-21(28)20(16-18(2)3)27(22)31-23(29)30-24(4,5)6/h7,11,18,20H,1,8-10,12-17H2,2-6H3/t20-/m0/s1. The van der Waals surface area contributed by atoms with E-state index in [1.165, 1.54) is 23.5 Å². The summed E-state index contributed by atoms with van der Waals surface area (Å²) in [5.41, 5.74) is 0.724. The molecule has 2 aliphatic rings. The highest BCUT2D eigenvalue weighted by Crippen LogP contribution is 2.25. The van der Waals surface area contributed by atoms with Crippen molar-refractivity contribution in [1.82, 2.24) is 9.96 Å². The van der Waals surface area contributed by atoms with Crippen LogP contribution in [0.5, 0.6) is 0 Å². The molecule has 31 heavy (non-hydrogen) atoms. The van der Waals surface area contributed by atoms with Crippen LogP contribution in [0.3, 0.4) is 0 Å². The molecule has 0 saturated carbocycles. The Morgan fingerprint density at radius 1 is 1.35 bits per heavy atom. The fraction of sp³-hybridized carbons (Fsp3) is 0.708. The maximum absolute atomic E-state index is 13.1. The molecule has 0 aromatic carbocycles. The normalized spacial score (nSPS) is 21.4. The molecule has 0 N–H and O–H groups in total. The first-order valence-electron chi connectivity index (χ1n) is 11.4. The lowest BCUT2D eigenvalue weighted by atomic mass is 9.96. The van der Waals surface area contributed by atoms with Gasteiger partial charge in [-0.3, -0.25) is 4.79 Å². The van der Waals surface area contributed by atoms with Crippen LogP contribution in [-0.4, -0.2) is 59.1 Å². The molecule has 0 aromatic heterocycles. The summed E-state index contributed by atoms with van der Waals surface area (Å²) in [6.07, 6.45) is 9.28. The van der Waals surface area contributed by atoms with Gasteiger partial charge in [0.25, 0.3) is 0 Å². The van der Waals surface area contributed by atoms with Crippen molar-refractivity contribution >= 4 is 17.9 Å². The van der Waals surface area contributed by atoms with Gasteiger partial charge in [-0.25, -0.2) is 9.79 Å². The number of allylic oxidation sites excluding steroid dienone is 1. The molecule has 1 saturated heterocycles. The van der Waals surface area contributed by atoms with Crippen molar-refractivity contribution in [3.8, 4) is 0 Å². The van der Waals surface area contributed by atoms with Gasteiger partial charge in [-0.1, -0.05) is 31.6 Å². The van der Waals surface area contributed by atoms with E-state index in [1.807, 2.05) is 18.7 Å². The Bertz CT molecular complexity index is 706. The Balaban J connectivity index is 2.28. The Labute approximate surface area is 187 Å². The zero-order valence-electron chi connectivity index (χ0n) is 19.9. The van der Waals surface area contributed by atoms with E-state index in [1.54, 1.807) is 26.8 Å². The van der Waals surface area contributed by atoms with Gasteiger partial charge in [0.2, 0.25) is 5.96 Å². The van der Waals surface area contributed by atoms with Gasteiger partial charge in [-0.15, -0.1) is 6.58 Å². The molecule has 1 aliphatic heterocycles. The van der Waals surface area contributed by atoms with Crippen molar-refractivity contribution in [2.24, 2.45) is 10.9 Å². The lowest BCUT2D eigenvalue weighted by Gasteiger charge is -2.42. The summed E-state index contributed by atoms with van der Waals surface area (Å²) in [6, 6.07) is -0.582. The van der Waals surface area contributed by atoms with Gasteiger partial charge in [0.05, 0.1) is 13.1 Å². The highest BCUT2D eigenvalue weighted by Gasteiger charge is 2.41. The van der Waals surface area contributed by atoms with Gasteiger partial charge >= 0.3 is 6.16 Å². The second-order valence-corrected chi connectivity index (χ2v) is 9.70. The number of carbonyl (C=O) groups is 2. The van der Waals surface area contributed by atoms with Crippen LogP contribution in [0.25, 0.3) is 0 Å². The molecular weight excluding hydrogens is 394 g/mol. The molecule has 1 aliphatic carbocycles. The smallest absolute Gasteiger partial charge is 0.427 e. The van der Waals surface area contributed by atoms with Gasteiger partial charge in [0.15, 0.2) is 5.78 Å². The summed E-state index contributed by atoms with van der Waals surface area (Å²) < 4.78 is 5.36. The van der Waals surface area contributed by atoms with Crippen molar-refractivity contribution in [2.45, 2.75) is 84.8 Å². The maximum Gasteiger partial charge on any atom is 0.534 e.